The fraction of sp³-hybridized carbons (Fsp3) is 0.652. The summed E-state index contributed by atoms with van der Waals surface area (Å²) >= 11 is 0. The molecule has 3 N–H and O–H groups in total. The van der Waals surface area contributed by atoms with E-state index in [4.69, 9.17) is 5.11 Å². The van der Waals surface area contributed by atoms with Gasteiger partial charge in [0.2, 0.25) is 0 Å². The number of nitrogens with zero attached hydrogens (tertiary/aromatic N) is 3. The van der Waals surface area contributed by atoms with Gasteiger partial charge < -0.3 is 15.3 Å². The summed E-state index contributed by atoms with van der Waals surface area (Å²) in [4.78, 5) is 0. The van der Waals surface area contributed by atoms with Gasteiger partial charge in [-0.15, -0.1) is 5.10 Å². The molecule has 0 amide bonds. The molecule has 6 heteroatoms. The predicted octanol–water partition coefficient (Wildman–Crippen LogP) is 2.38. The Kier molecular flexibility index (Phi) is 4.57. The first-order valence-corrected chi connectivity index (χ1v) is 11.0. The molecule has 0 saturated heterocycles. The van der Waals surface area contributed by atoms with Gasteiger partial charge in [0.05, 0.1) is 25.5 Å². The van der Waals surface area contributed by atoms with Crippen LogP contribution in [0.5, 0.6) is 0 Å². The van der Waals surface area contributed by atoms with Crippen molar-refractivity contribution in [3.05, 3.63) is 47.3 Å². The van der Waals surface area contributed by atoms with Crippen molar-refractivity contribution in [1.29, 1.82) is 0 Å². The number of aliphatic hydroxyl groups is 3. The minimum atomic E-state index is -0.984. The highest BCUT2D eigenvalue weighted by molar-refractivity contribution is 5.35. The largest absolute Gasteiger partial charge is 0.394 e. The van der Waals surface area contributed by atoms with Crippen molar-refractivity contribution < 1.29 is 15.3 Å². The minimum Gasteiger partial charge on any atom is -0.394 e. The summed E-state index contributed by atoms with van der Waals surface area (Å²) in [5, 5.41) is 39.1. The number of aromatic nitrogens is 3. The standard InChI is InChI=1S/C23H31N3O3/c1-22-10-8-18-17-5-3-2-4-15(17)6-7-19(18)20(22)9-11-23(22,29)21-13-26(25-24-21)12-16(28)14-27/h2-5,13,16,18-20,27-29H,6-12,14H2,1H3/t16-,18+,19+,20-,22-,23+/m0/s1. The van der Waals surface area contributed by atoms with Gasteiger partial charge in [-0.1, -0.05) is 36.4 Å². The van der Waals surface area contributed by atoms with E-state index in [0.717, 1.165) is 25.7 Å². The summed E-state index contributed by atoms with van der Waals surface area (Å²) in [6.07, 6.45) is 7.04. The summed E-state index contributed by atoms with van der Waals surface area (Å²) in [6, 6.07) is 8.91. The van der Waals surface area contributed by atoms with E-state index in [1.807, 2.05) is 0 Å². The molecule has 29 heavy (non-hydrogen) atoms. The molecule has 1 heterocycles. The zero-order valence-corrected chi connectivity index (χ0v) is 17.0. The zero-order chi connectivity index (χ0) is 20.2. The SMILES string of the molecule is C[C@]12CC[C@@H]3c4ccccc4CC[C@H]3[C@@H]1CC[C@@]2(O)c1cn(C[C@H](O)CO)nn1. The normalized spacial score (nSPS) is 36.9. The average Bonchev–Trinajstić information content (AvgIpc) is 3.31. The second-order valence-electron chi connectivity index (χ2n) is 9.63. The molecule has 1 aromatic heterocycles. The Labute approximate surface area is 171 Å². The van der Waals surface area contributed by atoms with Gasteiger partial charge in [-0.05, 0) is 67.4 Å². The van der Waals surface area contributed by atoms with Crippen molar-refractivity contribution in [2.45, 2.75) is 69.6 Å². The Hall–Kier alpha value is -1.76. The molecule has 0 unspecified atom stereocenters. The van der Waals surface area contributed by atoms with Gasteiger partial charge in [0.15, 0.2) is 0 Å². The highest BCUT2D eigenvalue weighted by atomic mass is 16.3. The molecule has 2 saturated carbocycles. The van der Waals surface area contributed by atoms with Crippen LogP contribution in [0.15, 0.2) is 30.5 Å². The lowest BCUT2D eigenvalue weighted by atomic mass is 9.53. The van der Waals surface area contributed by atoms with Crippen LogP contribution in [0.3, 0.4) is 0 Å². The fourth-order valence-corrected chi connectivity index (χ4v) is 6.81. The predicted molar refractivity (Wildman–Crippen MR) is 108 cm³/mol. The van der Waals surface area contributed by atoms with Crippen LogP contribution in [0.4, 0.5) is 0 Å². The van der Waals surface area contributed by atoms with E-state index < -0.39 is 11.7 Å². The summed E-state index contributed by atoms with van der Waals surface area (Å²) in [5.74, 6) is 1.70. The second kappa shape index (κ2) is 6.89. The third-order valence-corrected chi connectivity index (χ3v) is 8.36. The van der Waals surface area contributed by atoms with Crippen LogP contribution in [-0.4, -0.2) is 43.0 Å². The van der Waals surface area contributed by atoms with Crippen molar-refractivity contribution in [3.63, 3.8) is 0 Å². The third kappa shape index (κ3) is 2.80. The first kappa shape index (κ1) is 19.2. The number of hydrogen-bond acceptors (Lipinski definition) is 5. The van der Waals surface area contributed by atoms with E-state index in [-0.39, 0.29) is 18.6 Å². The van der Waals surface area contributed by atoms with E-state index in [0.29, 0.717) is 29.9 Å². The number of fused-ring (bicyclic) bond motifs is 5. The lowest BCUT2D eigenvalue weighted by Crippen LogP contribution is -2.49. The first-order chi connectivity index (χ1) is 14.0. The maximum atomic E-state index is 11.9. The monoisotopic (exact) mass is 397 g/mol. The molecular formula is C23H31N3O3. The van der Waals surface area contributed by atoms with Crippen LogP contribution < -0.4 is 0 Å². The lowest BCUT2D eigenvalue weighted by Gasteiger charge is -2.52. The van der Waals surface area contributed by atoms with E-state index in [1.165, 1.54) is 22.2 Å². The van der Waals surface area contributed by atoms with Crippen LogP contribution in [0, 0.1) is 17.3 Å². The summed E-state index contributed by atoms with van der Waals surface area (Å²) in [6.45, 7) is 2.12. The Morgan fingerprint density at radius 3 is 2.86 bits per heavy atom. The fourth-order valence-electron chi connectivity index (χ4n) is 6.81. The highest BCUT2D eigenvalue weighted by Gasteiger charge is 2.63. The molecular weight excluding hydrogens is 366 g/mol. The van der Waals surface area contributed by atoms with Crippen molar-refractivity contribution in [1.82, 2.24) is 15.0 Å². The third-order valence-electron chi connectivity index (χ3n) is 8.36. The van der Waals surface area contributed by atoms with Crippen LogP contribution in [-0.2, 0) is 18.6 Å². The van der Waals surface area contributed by atoms with E-state index >= 15 is 0 Å². The molecule has 0 spiro atoms. The Balaban J connectivity index is 1.44. The molecule has 0 radical (unpaired) electrons. The number of aliphatic hydroxyl groups excluding tert-OH is 2. The van der Waals surface area contributed by atoms with E-state index in [9.17, 15) is 10.2 Å². The summed E-state index contributed by atoms with van der Waals surface area (Å²) < 4.78 is 1.54. The molecule has 6 nitrogen and oxygen atoms in total. The number of benzene rings is 1. The van der Waals surface area contributed by atoms with Crippen LogP contribution in [0.2, 0.25) is 0 Å². The lowest BCUT2D eigenvalue weighted by molar-refractivity contribution is -0.111. The Morgan fingerprint density at radius 2 is 2.03 bits per heavy atom. The Morgan fingerprint density at radius 1 is 1.21 bits per heavy atom. The van der Waals surface area contributed by atoms with Crippen molar-refractivity contribution in [2.24, 2.45) is 17.3 Å². The summed E-state index contributed by atoms with van der Waals surface area (Å²) in [5.41, 5.74) is 2.46. The van der Waals surface area contributed by atoms with Gasteiger partial charge in [-0.25, -0.2) is 4.68 Å². The summed E-state index contributed by atoms with van der Waals surface area (Å²) in [7, 11) is 0. The van der Waals surface area contributed by atoms with Gasteiger partial charge in [0, 0.05) is 5.41 Å². The molecule has 5 rings (SSSR count). The molecule has 156 valence electrons. The van der Waals surface area contributed by atoms with Crippen molar-refractivity contribution in [2.75, 3.05) is 6.61 Å². The van der Waals surface area contributed by atoms with Gasteiger partial charge in [0.25, 0.3) is 0 Å². The van der Waals surface area contributed by atoms with Crippen LogP contribution >= 0.6 is 0 Å². The molecule has 3 aliphatic carbocycles. The number of hydrogen-bond donors (Lipinski definition) is 3. The number of aryl methyl sites for hydroxylation is 1. The molecule has 2 fully saturated rings. The van der Waals surface area contributed by atoms with Gasteiger partial charge >= 0.3 is 0 Å². The molecule has 6 atom stereocenters. The van der Waals surface area contributed by atoms with Crippen LogP contribution in [0.25, 0.3) is 0 Å². The Bertz CT molecular complexity index is 899. The molecule has 0 aliphatic heterocycles. The van der Waals surface area contributed by atoms with E-state index in [2.05, 4.69) is 41.5 Å². The average molecular weight is 398 g/mol. The molecule has 1 aromatic carbocycles. The van der Waals surface area contributed by atoms with Gasteiger partial charge in [0.1, 0.15) is 11.3 Å². The zero-order valence-electron chi connectivity index (χ0n) is 17.0. The van der Waals surface area contributed by atoms with Crippen molar-refractivity contribution >= 4 is 0 Å². The first-order valence-electron chi connectivity index (χ1n) is 11.0. The van der Waals surface area contributed by atoms with Crippen LogP contribution in [0.1, 0.15) is 61.8 Å². The second-order valence-corrected chi connectivity index (χ2v) is 9.63. The quantitative estimate of drug-likeness (QED) is 0.737. The molecule has 3 aliphatic rings. The number of rotatable bonds is 4. The maximum absolute atomic E-state index is 11.9. The van der Waals surface area contributed by atoms with Crippen molar-refractivity contribution in [3.8, 4) is 0 Å². The van der Waals surface area contributed by atoms with Gasteiger partial charge in [-0.3, -0.25) is 0 Å². The van der Waals surface area contributed by atoms with E-state index in [1.54, 1.807) is 6.20 Å². The van der Waals surface area contributed by atoms with Gasteiger partial charge in [-0.2, -0.15) is 0 Å². The maximum Gasteiger partial charge on any atom is 0.116 e. The minimum absolute atomic E-state index is 0.182. The highest BCUT2D eigenvalue weighted by Crippen LogP contribution is 2.66. The topological polar surface area (TPSA) is 91.4 Å². The molecule has 0 bridgehead atoms. The smallest absolute Gasteiger partial charge is 0.116 e. The molecule has 2 aromatic rings.